The van der Waals surface area contributed by atoms with Crippen LogP contribution in [0.2, 0.25) is 0 Å². The minimum Gasteiger partial charge on any atom is -0.376 e. The first-order valence-electron chi connectivity index (χ1n) is 2.72. The van der Waals surface area contributed by atoms with Gasteiger partial charge < -0.3 is 10.1 Å². The molecule has 0 saturated carbocycles. The third kappa shape index (κ3) is 2.64. The Labute approximate surface area is 60.4 Å². The molecular formula is C5H12BrNO. The molecule has 1 aliphatic heterocycles. The number of nitrogens with one attached hydrogen (secondary N) is 1. The smallest absolute Gasteiger partial charge is 0.0672 e. The first kappa shape index (κ1) is 8.40. The van der Waals surface area contributed by atoms with Crippen LogP contribution in [0.4, 0.5) is 0 Å². The molecule has 8 heavy (non-hydrogen) atoms. The summed E-state index contributed by atoms with van der Waals surface area (Å²) in [4.78, 5) is 0. The third-order valence-corrected chi connectivity index (χ3v) is 1.11. The van der Waals surface area contributed by atoms with Gasteiger partial charge in [-0.3, -0.25) is 0 Å². The standard InChI is InChI=1S/C5H11NO.BrH/c1-5-4-6-2-3-7-5;/h5-6H,2-4H2,1H3;1H/t5-;/m0./s1. The van der Waals surface area contributed by atoms with Crippen molar-refractivity contribution in [3.8, 4) is 0 Å². The van der Waals surface area contributed by atoms with Crippen LogP contribution in [-0.2, 0) is 4.74 Å². The number of halogens is 1. The van der Waals surface area contributed by atoms with Crippen LogP contribution in [0.5, 0.6) is 0 Å². The molecule has 2 nitrogen and oxygen atoms in total. The third-order valence-electron chi connectivity index (χ3n) is 1.11. The lowest BCUT2D eigenvalue weighted by molar-refractivity contribution is 0.0410. The second kappa shape index (κ2) is 4.30. The highest BCUT2D eigenvalue weighted by Gasteiger charge is 2.04. The fourth-order valence-electron chi connectivity index (χ4n) is 0.697. The molecule has 1 heterocycles. The Balaban J connectivity index is 0.000000490. The van der Waals surface area contributed by atoms with Gasteiger partial charge in [0.1, 0.15) is 0 Å². The molecule has 50 valence electrons. The van der Waals surface area contributed by atoms with Crippen LogP contribution in [-0.4, -0.2) is 25.8 Å². The highest BCUT2D eigenvalue weighted by Crippen LogP contribution is 1.91. The Morgan fingerprint density at radius 2 is 2.38 bits per heavy atom. The molecule has 3 heteroatoms. The SMILES string of the molecule is Br.C[C@H]1CNCCO1. The summed E-state index contributed by atoms with van der Waals surface area (Å²) in [5, 5.41) is 3.21. The first-order valence-corrected chi connectivity index (χ1v) is 2.72. The van der Waals surface area contributed by atoms with Gasteiger partial charge >= 0.3 is 0 Å². The maximum atomic E-state index is 5.22. The van der Waals surface area contributed by atoms with E-state index in [1.807, 2.05) is 0 Å². The van der Waals surface area contributed by atoms with E-state index in [1.165, 1.54) is 0 Å². The monoisotopic (exact) mass is 181 g/mol. The molecule has 0 aromatic heterocycles. The number of hydrogen-bond donors (Lipinski definition) is 1. The van der Waals surface area contributed by atoms with E-state index in [1.54, 1.807) is 0 Å². The molecule has 1 aliphatic rings. The summed E-state index contributed by atoms with van der Waals surface area (Å²) in [6.07, 6.45) is 0.425. The topological polar surface area (TPSA) is 21.3 Å². The van der Waals surface area contributed by atoms with Crippen molar-refractivity contribution in [2.45, 2.75) is 13.0 Å². The molecule has 0 unspecified atom stereocenters. The van der Waals surface area contributed by atoms with Gasteiger partial charge in [0.25, 0.3) is 0 Å². The quantitative estimate of drug-likeness (QED) is 0.591. The number of rotatable bonds is 0. The van der Waals surface area contributed by atoms with Crippen LogP contribution >= 0.6 is 17.0 Å². The van der Waals surface area contributed by atoms with E-state index in [2.05, 4.69) is 12.2 Å². The molecular weight excluding hydrogens is 170 g/mol. The predicted molar refractivity (Wildman–Crippen MR) is 38.6 cm³/mol. The van der Waals surface area contributed by atoms with Crippen LogP contribution in [0.15, 0.2) is 0 Å². The lowest BCUT2D eigenvalue weighted by atomic mass is 10.3. The Hall–Kier alpha value is 0.400. The zero-order valence-corrected chi connectivity index (χ0v) is 6.73. The lowest BCUT2D eigenvalue weighted by Gasteiger charge is -2.18. The van der Waals surface area contributed by atoms with E-state index >= 15 is 0 Å². The van der Waals surface area contributed by atoms with Crippen molar-refractivity contribution in [3.63, 3.8) is 0 Å². The van der Waals surface area contributed by atoms with Gasteiger partial charge in [-0.15, -0.1) is 17.0 Å². The summed E-state index contributed by atoms with van der Waals surface area (Å²) in [5.74, 6) is 0. The highest BCUT2D eigenvalue weighted by atomic mass is 79.9. The maximum absolute atomic E-state index is 5.22. The van der Waals surface area contributed by atoms with E-state index in [0.29, 0.717) is 6.10 Å². The molecule has 1 N–H and O–H groups in total. The van der Waals surface area contributed by atoms with Crippen LogP contribution < -0.4 is 5.32 Å². The van der Waals surface area contributed by atoms with Gasteiger partial charge in [-0.2, -0.15) is 0 Å². The molecule has 0 aliphatic carbocycles. The normalized spacial score (nSPS) is 28.9. The van der Waals surface area contributed by atoms with Gasteiger partial charge in [-0.05, 0) is 6.92 Å². The summed E-state index contributed by atoms with van der Waals surface area (Å²) >= 11 is 0. The lowest BCUT2D eigenvalue weighted by Crippen LogP contribution is -2.36. The molecule has 0 aromatic carbocycles. The van der Waals surface area contributed by atoms with Crippen molar-refractivity contribution in [1.29, 1.82) is 0 Å². The van der Waals surface area contributed by atoms with Gasteiger partial charge in [-0.1, -0.05) is 0 Å². The van der Waals surface area contributed by atoms with E-state index in [9.17, 15) is 0 Å². The van der Waals surface area contributed by atoms with Crippen LogP contribution in [0.25, 0.3) is 0 Å². The molecule has 0 bridgehead atoms. The van der Waals surface area contributed by atoms with Gasteiger partial charge in [0.15, 0.2) is 0 Å². The van der Waals surface area contributed by atoms with Crippen molar-refractivity contribution in [1.82, 2.24) is 5.32 Å². The molecule has 0 radical (unpaired) electrons. The Kier molecular flexibility index (Phi) is 4.51. The van der Waals surface area contributed by atoms with Crippen molar-refractivity contribution in [3.05, 3.63) is 0 Å². The van der Waals surface area contributed by atoms with Gasteiger partial charge in [0, 0.05) is 13.1 Å². The summed E-state index contributed by atoms with van der Waals surface area (Å²) < 4.78 is 5.22. The average molecular weight is 182 g/mol. The van der Waals surface area contributed by atoms with E-state index in [-0.39, 0.29) is 17.0 Å². The van der Waals surface area contributed by atoms with E-state index in [4.69, 9.17) is 4.74 Å². The largest absolute Gasteiger partial charge is 0.376 e. The fourth-order valence-corrected chi connectivity index (χ4v) is 0.697. The number of morpholine rings is 1. The molecule has 1 rings (SSSR count). The van der Waals surface area contributed by atoms with Gasteiger partial charge in [-0.25, -0.2) is 0 Å². The van der Waals surface area contributed by atoms with Gasteiger partial charge in [0.05, 0.1) is 12.7 Å². The zero-order valence-electron chi connectivity index (χ0n) is 5.02. The van der Waals surface area contributed by atoms with Gasteiger partial charge in [0.2, 0.25) is 0 Å². The Morgan fingerprint density at radius 3 is 2.62 bits per heavy atom. The Morgan fingerprint density at radius 1 is 1.62 bits per heavy atom. The van der Waals surface area contributed by atoms with Crippen molar-refractivity contribution < 1.29 is 4.74 Å². The zero-order chi connectivity index (χ0) is 5.11. The molecule has 1 fully saturated rings. The van der Waals surface area contributed by atoms with Crippen LogP contribution in [0.3, 0.4) is 0 Å². The van der Waals surface area contributed by atoms with Crippen molar-refractivity contribution >= 4 is 17.0 Å². The number of hydrogen-bond acceptors (Lipinski definition) is 2. The molecule has 1 saturated heterocycles. The van der Waals surface area contributed by atoms with Crippen molar-refractivity contribution in [2.24, 2.45) is 0 Å². The maximum Gasteiger partial charge on any atom is 0.0672 e. The first-order chi connectivity index (χ1) is 3.39. The van der Waals surface area contributed by atoms with E-state index in [0.717, 1.165) is 19.7 Å². The summed E-state index contributed by atoms with van der Waals surface area (Å²) in [7, 11) is 0. The molecule has 1 atom stereocenters. The highest BCUT2D eigenvalue weighted by molar-refractivity contribution is 8.93. The second-order valence-corrected chi connectivity index (χ2v) is 1.89. The minimum absolute atomic E-state index is 0. The predicted octanol–water partition coefficient (Wildman–Crippen LogP) is 0.573. The fraction of sp³-hybridized carbons (Fsp3) is 1.00. The summed E-state index contributed by atoms with van der Waals surface area (Å²) in [6.45, 7) is 4.98. The van der Waals surface area contributed by atoms with Crippen molar-refractivity contribution in [2.75, 3.05) is 19.7 Å². The summed E-state index contributed by atoms with van der Waals surface area (Å²) in [6, 6.07) is 0. The summed E-state index contributed by atoms with van der Waals surface area (Å²) in [5.41, 5.74) is 0. The molecule has 0 amide bonds. The van der Waals surface area contributed by atoms with Crippen LogP contribution in [0, 0.1) is 0 Å². The second-order valence-electron chi connectivity index (χ2n) is 1.89. The average Bonchev–Trinajstić information content (AvgIpc) is 1.69. The van der Waals surface area contributed by atoms with Crippen LogP contribution in [0.1, 0.15) is 6.92 Å². The Bertz CT molecular complexity index is 54.4. The number of ether oxygens (including phenoxy) is 1. The van der Waals surface area contributed by atoms with E-state index < -0.39 is 0 Å². The minimum atomic E-state index is 0. The molecule has 0 aromatic rings. The molecule has 0 spiro atoms.